The van der Waals surface area contributed by atoms with E-state index in [1.807, 2.05) is 0 Å². The first-order valence-electron chi connectivity index (χ1n) is 4.74. The lowest BCUT2D eigenvalue weighted by atomic mass is 10.2. The molecule has 0 radical (unpaired) electrons. The summed E-state index contributed by atoms with van der Waals surface area (Å²) in [6.45, 7) is 8.87. The summed E-state index contributed by atoms with van der Waals surface area (Å²) in [5.41, 5.74) is -0.0674. The lowest BCUT2D eigenvalue weighted by Gasteiger charge is -2.03. The van der Waals surface area contributed by atoms with Crippen LogP contribution in [0.4, 0.5) is 0 Å². The van der Waals surface area contributed by atoms with E-state index in [1.165, 1.54) is 12.2 Å². The molecule has 1 rings (SSSR count). The molecule has 0 atom stereocenters. The quantitative estimate of drug-likeness (QED) is 0.729. The third-order valence-electron chi connectivity index (χ3n) is 1.88. The molecule has 4 heteroatoms. The van der Waals surface area contributed by atoms with Gasteiger partial charge in [-0.3, -0.25) is 4.79 Å². The predicted molar refractivity (Wildman–Crippen MR) is 61.1 cm³/mol. The van der Waals surface area contributed by atoms with E-state index in [2.05, 4.69) is 13.2 Å². The molecule has 0 N–H and O–H groups in total. The molecule has 0 fully saturated rings. The summed E-state index contributed by atoms with van der Waals surface area (Å²) in [6, 6.07) is 1.09. The second-order valence-corrected chi connectivity index (χ2v) is 2.88. The lowest BCUT2D eigenvalue weighted by molar-refractivity contribution is 0.0486. The summed E-state index contributed by atoms with van der Waals surface area (Å²) in [4.78, 5) is 22.9. The Balaban J connectivity index is 3.31. The smallest absolute Gasteiger partial charge is 0.374 e. The summed E-state index contributed by atoms with van der Waals surface area (Å²) in [6.07, 6.45) is 2.71. The van der Waals surface area contributed by atoms with Gasteiger partial charge in [0, 0.05) is 6.07 Å². The molecule has 1 heterocycles. The average molecular weight is 220 g/mol. The number of carbonyl (C=O) groups excluding carboxylic acids is 1. The molecule has 16 heavy (non-hydrogen) atoms. The van der Waals surface area contributed by atoms with Gasteiger partial charge in [-0.05, 0) is 13.0 Å². The van der Waals surface area contributed by atoms with E-state index in [4.69, 9.17) is 9.15 Å². The fourth-order valence-electron chi connectivity index (χ4n) is 1.18. The Morgan fingerprint density at radius 3 is 2.69 bits per heavy atom. The van der Waals surface area contributed by atoms with E-state index in [1.54, 1.807) is 6.92 Å². The standard InChI is InChI=1S/C12H12O4/c1-4-8-9(13)7-11(12(14)15-6-3)16-10(8)5-2/h4-5,7H,1-2,6H2,3H3. The zero-order chi connectivity index (χ0) is 12.1. The molecule has 0 aromatic carbocycles. The topological polar surface area (TPSA) is 56.5 Å². The Morgan fingerprint density at radius 2 is 2.19 bits per heavy atom. The van der Waals surface area contributed by atoms with Crippen molar-refractivity contribution in [3.05, 3.63) is 46.5 Å². The summed E-state index contributed by atoms with van der Waals surface area (Å²) in [5, 5.41) is 0. The van der Waals surface area contributed by atoms with Gasteiger partial charge >= 0.3 is 5.97 Å². The van der Waals surface area contributed by atoms with Crippen LogP contribution in [0.25, 0.3) is 12.2 Å². The first-order valence-corrected chi connectivity index (χ1v) is 4.74. The minimum Gasteiger partial charge on any atom is -0.460 e. The van der Waals surface area contributed by atoms with Crippen LogP contribution >= 0.6 is 0 Å². The maximum atomic E-state index is 11.6. The Labute approximate surface area is 92.8 Å². The third kappa shape index (κ3) is 2.28. The van der Waals surface area contributed by atoms with E-state index < -0.39 is 5.97 Å². The number of ether oxygens (including phenoxy) is 1. The van der Waals surface area contributed by atoms with Crippen molar-refractivity contribution in [1.82, 2.24) is 0 Å². The fourth-order valence-corrected chi connectivity index (χ4v) is 1.18. The third-order valence-corrected chi connectivity index (χ3v) is 1.88. The van der Waals surface area contributed by atoms with Gasteiger partial charge in [0.15, 0.2) is 5.43 Å². The summed E-state index contributed by atoms with van der Waals surface area (Å²) >= 11 is 0. The largest absolute Gasteiger partial charge is 0.460 e. The molecule has 84 valence electrons. The molecule has 0 aliphatic carbocycles. The van der Waals surface area contributed by atoms with E-state index in [0.717, 1.165) is 6.07 Å². The molecule has 0 unspecified atom stereocenters. The van der Waals surface area contributed by atoms with Gasteiger partial charge in [0.25, 0.3) is 0 Å². The van der Waals surface area contributed by atoms with Crippen molar-refractivity contribution in [3.8, 4) is 0 Å². The molecule has 0 aliphatic heterocycles. The number of hydrogen-bond donors (Lipinski definition) is 0. The van der Waals surface area contributed by atoms with Crippen molar-refractivity contribution in [1.29, 1.82) is 0 Å². The molecular weight excluding hydrogens is 208 g/mol. The highest BCUT2D eigenvalue weighted by Gasteiger charge is 2.14. The van der Waals surface area contributed by atoms with E-state index in [-0.39, 0.29) is 29.1 Å². The molecular formula is C12H12O4. The second kappa shape index (κ2) is 5.11. The minimum atomic E-state index is -0.668. The van der Waals surface area contributed by atoms with Crippen LogP contribution in [0.3, 0.4) is 0 Å². The zero-order valence-electron chi connectivity index (χ0n) is 8.99. The van der Waals surface area contributed by atoms with Gasteiger partial charge in [-0.1, -0.05) is 19.2 Å². The SMILES string of the molecule is C=Cc1oc(C(=O)OCC)cc(=O)c1C=C. The minimum absolute atomic E-state index is 0.132. The first kappa shape index (κ1) is 12.0. The van der Waals surface area contributed by atoms with Gasteiger partial charge in [-0.25, -0.2) is 4.79 Å². The normalized spacial score (nSPS) is 9.56. The molecule has 1 aromatic rings. The molecule has 0 saturated carbocycles. The van der Waals surface area contributed by atoms with Gasteiger partial charge in [0.2, 0.25) is 5.76 Å². The predicted octanol–water partition coefficient (Wildman–Crippen LogP) is 2.10. The van der Waals surface area contributed by atoms with E-state index >= 15 is 0 Å². The molecule has 0 spiro atoms. The molecule has 0 bridgehead atoms. The maximum Gasteiger partial charge on any atom is 0.374 e. The van der Waals surface area contributed by atoms with Crippen molar-refractivity contribution in [2.75, 3.05) is 6.61 Å². The van der Waals surface area contributed by atoms with Gasteiger partial charge in [-0.2, -0.15) is 0 Å². The van der Waals surface area contributed by atoms with Crippen LogP contribution in [0.2, 0.25) is 0 Å². The Bertz CT molecular complexity index is 482. The van der Waals surface area contributed by atoms with Crippen molar-refractivity contribution >= 4 is 18.1 Å². The van der Waals surface area contributed by atoms with Gasteiger partial charge in [-0.15, -0.1) is 0 Å². The fraction of sp³-hybridized carbons (Fsp3) is 0.167. The molecule has 0 aliphatic rings. The molecule has 0 saturated heterocycles. The van der Waals surface area contributed by atoms with Crippen molar-refractivity contribution in [2.24, 2.45) is 0 Å². The molecule has 1 aromatic heterocycles. The molecule has 4 nitrogen and oxygen atoms in total. The zero-order valence-corrected chi connectivity index (χ0v) is 8.99. The summed E-state index contributed by atoms with van der Waals surface area (Å²) in [7, 11) is 0. The van der Waals surface area contributed by atoms with Crippen LogP contribution in [0, 0.1) is 0 Å². The van der Waals surface area contributed by atoms with Gasteiger partial charge in [0.05, 0.1) is 12.2 Å². The Hall–Kier alpha value is -2.10. The Kier molecular flexibility index (Phi) is 3.83. The van der Waals surface area contributed by atoms with Crippen LogP contribution in [0.1, 0.15) is 28.8 Å². The molecule has 0 amide bonds. The van der Waals surface area contributed by atoms with Crippen LogP contribution in [0.5, 0.6) is 0 Å². The van der Waals surface area contributed by atoms with Crippen LogP contribution in [-0.2, 0) is 4.74 Å². The average Bonchev–Trinajstić information content (AvgIpc) is 2.28. The van der Waals surface area contributed by atoms with Crippen LogP contribution in [0.15, 0.2) is 28.4 Å². The lowest BCUT2D eigenvalue weighted by Crippen LogP contribution is -2.12. The number of rotatable bonds is 4. The highest BCUT2D eigenvalue weighted by Crippen LogP contribution is 2.11. The number of carbonyl (C=O) groups is 1. The number of esters is 1. The van der Waals surface area contributed by atoms with Gasteiger partial charge < -0.3 is 9.15 Å². The number of hydrogen-bond acceptors (Lipinski definition) is 4. The highest BCUT2D eigenvalue weighted by molar-refractivity contribution is 5.86. The monoisotopic (exact) mass is 220 g/mol. The van der Waals surface area contributed by atoms with Crippen LogP contribution < -0.4 is 5.43 Å². The summed E-state index contributed by atoms with van der Waals surface area (Å²) in [5.74, 6) is -0.587. The maximum absolute atomic E-state index is 11.6. The van der Waals surface area contributed by atoms with E-state index in [9.17, 15) is 9.59 Å². The second-order valence-electron chi connectivity index (χ2n) is 2.88. The van der Waals surface area contributed by atoms with Crippen LogP contribution in [-0.4, -0.2) is 12.6 Å². The van der Waals surface area contributed by atoms with Crippen molar-refractivity contribution in [2.45, 2.75) is 6.92 Å². The first-order chi connectivity index (χ1) is 7.63. The Morgan fingerprint density at radius 1 is 1.50 bits per heavy atom. The highest BCUT2D eigenvalue weighted by atomic mass is 16.5. The van der Waals surface area contributed by atoms with Crippen molar-refractivity contribution < 1.29 is 13.9 Å². The van der Waals surface area contributed by atoms with Gasteiger partial charge in [0.1, 0.15) is 5.76 Å². The summed E-state index contributed by atoms with van der Waals surface area (Å²) < 4.78 is 9.90. The van der Waals surface area contributed by atoms with E-state index in [0.29, 0.717) is 0 Å². The van der Waals surface area contributed by atoms with Crippen molar-refractivity contribution in [3.63, 3.8) is 0 Å².